The summed E-state index contributed by atoms with van der Waals surface area (Å²) in [6, 6.07) is 16.5. The van der Waals surface area contributed by atoms with Crippen molar-refractivity contribution in [3.05, 3.63) is 71.4 Å². The average Bonchev–Trinajstić information content (AvgIpc) is 2.88. The van der Waals surface area contributed by atoms with Crippen LogP contribution >= 0.6 is 0 Å². The van der Waals surface area contributed by atoms with Crippen LogP contribution in [-0.4, -0.2) is 53.4 Å². The molecule has 5 nitrogen and oxygen atoms in total. The molecular formula is C29H38N2O3. The summed E-state index contributed by atoms with van der Waals surface area (Å²) in [6.07, 6.45) is 6.91. The third-order valence-electron chi connectivity index (χ3n) is 7.63. The second-order valence-electron chi connectivity index (χ2n) is 9.88. The lowest BCUT2D eigenvalue weighted by Gasteiger charge is -2.41. The summed E-state index contributed by atoms with van der Waals surface area (Å²) in [7, 11) is 1.65. The zero-order chi connectivity index (χ0) is 24.0. The second-order valence-corrected chi connectivity index (χ2v) is 9.88. The molecule has 0 aliphatic carbocycles. The molecule has 2 N–H and O–H groups in total. The molecule has 182 valence electrons. The first kappa shape index (κ1) is 24.6. The lowest BCUT2D eigenvalue weighted by molar-refractivity contribution is 0.0234. The summed E-state index contributed by atoms with van der Waals surface area (Å²) in [6.45, 7) is 5.31. The van der Waals surface area contributed by atoms with Crippen molar-refractivity contribution in [2.75, 3.05) is 33.4 Å². The van der Waals surface area contributed by atoms with Crippen LogP contribution in [0.2, 0.25) is 0 Å². The number of hydrogen-bond donors (Lipinski definition) is 2. The second kappa shape index (κ2) is 11.3. The first-order valence-electron chi connectivity index (χ1n) is 12.5. The molecule has 5 heteroatoms. The molecule has 3 aromatic rings. The van der Waals surface area contributed by atoms with E-state index in [1.54, 1.807) is 7.11 Å². The zero-order valence-electron chi connectivity index (χ0n) is 20.5. The van der Waals surface area contributed by atoms with Gasteiger partial charge in [-0.3, -0.25) is 4.98 Å². The minimum Gasteiger partial charge on any atom is -0.497 e. The van der Waals surface area contributed by atoms with Gasteiger partial charge in [-0.05, 0) is 105 Å². The molecule has 4 rings (SSSR count). The van der Waals surface area contributed by atoms with Crippen molar-refractivity contribution in [2.24, 2.45) is 5.41 Å². The Bertz CT molecular complexity index is 1060. The van der Waals surface area contributed by atoms with Crippen LogP contribution in [0.25, 0.3) is 10.9 Å². The van der Waals surface area contributed by atoms with Gasteiger partial charge in [-0.1, -0.05) is 30.3 Å². The number of aliphatic hydroxyl groups is 2. The minimum absolute atomic E-state index is 0.106. The maximum Gasteiger partial charge on any atom is 0.119 e. The number of nitrogens with zero attached hydrogens (tertiary/aromatic N) is 2. The largest absolute Gasteiger partial charge is 0.497 e. The van der Waals surface area contributed by atoms with E-state index in [4.69, 9.17) is 4.74 Å². The molecule has 0 spiro atoms. The third kappa shape index (κ3) is 5.77. The number of aryl methyl sites for hydroxylation is 2. The minimum atomic E-state index is -0.593. The Morgan fingerprint density at radius 1 is 1.12 bits per heavy atom. The fourth-order valence-electron chi connectivity index (χ4n) is 5.34. The number of aliphatic hydroxyl groups excluding tert-OH is 2. The molecule has 0 saturated carbocycles. The number of methoxy groups -OCH3 is 1. The number of piperidine rings is 1. The Morgan fingerprint density at radius 2 is 1.88 bits per heavy atom. The third-order valence-corrected chi connectivity index (χ3v) is 7.63. The molecule has 0 amide bonds. The highest BCUT2D eigenvalue weighted by Crippen LogP contribution is 2.39. The lowest BCUT2D eigenvalue weighted by atomic mass is 9.74. The molecular weight excluding hydrogens is 424 g/mol. The molecule has 34 heavy (non-hydrogen) atoms. The van der Waals surface area contributed by atoms with E-state index in [1.165, 1.54) is 5.56 Å². The standard InChI is InChI=1S/C29H38N2O3/c1-22-20-30-26-11-10-24(34-2)19-25(26)28(22)27(33)12-13-29(21-32)14-17-31(18-15-29)16-6-9-23-7-4-3-5-8-23/h3-5,7-8,10-11,19-20,27,32-33H,6,9,12-18,21H2,1-2H3/t27-/m0/s1. The van der Waals surface area contributed by atoms with Crippen molar-refractivity contribution in [2.45, 2.75) is 51.6 Å². The smallest absolute Gasteiger partial charge is 0.119 e. The molecule has 1 saturated heterocycles. The van der Waals surface area contributed by atoms with Crippen molar-refractivity contribution in [1.82, 2.24) is 9.88 Å². The van der Waals surface area contributed by atoms with E-state index in [2.05, 4.69) is 40.2 Å². The molecule has 1 aliphatic rings. The van der Waals surface area contributed by atoms with E-state index in [1.807, 2.05) is 31.3 Å². The van der Waals surface area contributed by atoms with E-state index in [-0.39, 0.29) is 12.0 Å². The van der Waals surface area contributed by atoms with Gasteiger partial charge in [0.25, 0.3) is 0 Å². The van der Waals surface area contributed by atoms with Gasteiger partial charge in [0, 0.05) is 18.2 Å². The van der Waals surface area contributed by atoms with Gasteiger partial charge in [-0.15, -0.1) is 0 Å². The number of rotatable bonds is 10. The van der Waals surface area contributed by atoms with E-state index >= 15 is 0 Å². The van der Waals surface area contributed by atoms with Crippen LogP contribution in [-0.2, 0) is 6.42 Å². The number of fused-ring (bicyclic) bond motifs is 1. The quantitative estimate of drug-likeness (QED) is 0.440. The maximum absolute atomic E-state index is 11.2. The Hall–Kier alpha value is -2.47. The molecule has 0 radical (unpaired) electrons. The van der Waals surface area contributed by atoms with Gasteiger partial charge in [-0.2, -0.15) is 0 Å². The first-order chi connectivity index (χ1) is 16.5. The van der Waals surface area contributed by atoms with Crippen LogP contribution < -0.4 is 4.74 Å². The molecule has 1 aliphatic heterocycles. The summed E-state index contributed by atoms with van der Waals surface area (Å²) in [5.74, 6) is 0.764. The van der Waals surface area contributed by atoms with Crippen molar-refractivity contribution < 1.29 is 14.9 Å². The number of ether oxygens (including phenoxy) is 1. The highest BCUT2D eigenvalue weighted by atomic mass is 16.5. The van der Waals surface area contributed by atoms with Crippen molar-refractivity contribution in [1.29, 1.82) is 0 Å². The summed E-state index contributed by atoms with van der Waals surface area (Å²) >= 11 is 0. The summed E-state index contributed by atoms with van der Waals surface area (Å²) < 4.78 is 5.40. The van der Waals surface area contributed by atoms with Crippen molar-refractivity contribution >= 4 is 10.9 Å². The maximum atomic E-state index is 11.2. The zero-order valence-corrected chi connectivity index (χ0v) is 20.5. The molecule has 0 bridgehead atoms. The molecule has 1 fully saturated rings. The van der Waals surface area contributed by atoms with Gasteiger partial charge in [0.15, 0.2) is 0 Å². The van der Waals surface area contributed by atoms with E-state index in [9.17, 15) is 10.2 Å². The van der Waals surface area contributed by atoms with Crippen LogP contribution in [0.5, 0.6) is 5.75 Å². The number of pyridine rings is 1. The van der Waals surface area contributed by atoms with Gasteiger partial charge in [-0.25, -0.2) is 0 Å². The number of aromatic nitrogens is 1. The molecule has 0 unspecified atom stereocenters. The Balaban J connectivity index is 1.34. The summed E-state index contributed by atoms with van der Waals surface area (Å²) in [5, 5.41) is 22.5. The summed E-state index contributed by atoms with van der Waals surface area (Å²) in [4.78, 5) is 7.05. The number of benzene rings is 2. The normalized spacial score (nSPS) is 17.1. The monoisotopic (exact) mass is 462 g/mol. The summed E-state index contributed by atoms with van der Waals surface area (Å²) in [5.41, 5.74) is 4.07. The van der Waals surface area contributed by atoms with Crippen LogP contribution in [0.3, 0.4) is 0 Å². The van der Waals surface area contributed by atoms with Crippen LogP contribution in [0, 0.1) is 12.3 Å². The highest BCUT2D eigenvalue weighted by Gasteiger charge is 2.34. The number of hydrogen-bond acceptors (Lipinski definition) is 5. The van der Waals surface area contributed by atoms with E-state index in [0.717, 1.165) is 79.5 Å². The van der Waals surface area contributed by atoms with Crippen molar-refractivity contribution in [3.63, 3.8) is 0 Å². The van der Waals surface area contributed by atoms with Crippen molar-refractivity contribution in [3.8, 4) is 5.75 Å². The Labute approximate surface area is 203 Å². The van der Waals surface area contributed by atoms with Gasteiger partial charge < -0.3 is 19.8 Å². The van der Waals surface area contributed by atoms with Crippen LogP contribution in [0.15, 0.2) is 54.7 Å². The van der Waals surface area contributed by atoms with Gasteiger partial charge in [0.05, 0.1) is 18.7 Å². The molecule has 2 heterocycles. The van der Waals surface area contributed by atoms with Gasteiger partial charge in [0.1, 0.15) is 5.75 Å². The van der Waals surface area contributed by atoms with Crippen LogP contribution in [0.1, 0.15) is 54.9 Å². The Kier molecular flexibility index (Phi) is 8.19. The predicted octanol–water partition coefficient (Wildman–Crippen LogP) is 5.07. The lowest BCUT2D eigenvalue weighted by Crippen LogP contribution is -2.42. The number of likely N-dealkylation sites (tertiary alicyclic amines) is 1. The van der Waals surface area contributed by atoms with E-state index in [0.29, 0.717) is 6.42 Å². The predicted molar refractivity (Wildman–Crippen MR) is 137 cm³/mol. The fraction of sp³-hybridized carbons (Fsp3) is 0.483. The molecule has 1 atom stereocenters. The Morgan fingerprint density at radius 3 is 2.59 bits per heavy atom. The molecule has 2 aromatic carbocycles. The average molecular weight is 463 g/mol. The highest BCUT2D eigenvalue weighted by molar-refractivity contribution is 5.84. The molecule has 1 aromatic heterocycles. The van der Waals surface area contributed by atoms with Gasteiger partial charge >= 0.3 is 0 Å². The topological polar surface area (TPSA) is 65.8 Å². The first-order valence-corrected chi connectivity index (χ1v) is 12.5. The fourth-order valence-corrected chi connectivity index (χ4v) is 5.34. The van der Waals surface area contributed by atoms with Gasteiger partial charge in [0.2, 0.25) is 0 Å². The van der Waals surface area contributed by atoms with Crippen LogP contribution in [0.4, 0.5) is 0 Å². The van der Waals surface area contributed by atoms with E-state index < -0.39 is 6.10 Å². The SMILES string of the molecule is COc1ccc2ncc(C)c([C@@H](O)CCC3(CO)CCN(CCCc4ccccc4)CC3)c2c1.